The standard InChI is InChI=1S/C20H25N3O2/c1-16-5-4-6-18(22-16)13-23-14-20(15-23)17(9-12-25-20)8-11-24-19-7-2-3-10-21-19/h2-7,10,17H,8-9,11-15H2,1H3/t17-/m1/s1. The Hall–Kier alpha value is -1.98. The summed E-state index contributed by atoms with van der Waals surface area (Å²) in [6, 6.07) is 12.0. The van der Waals surface area contributed by atoms with E-state index in [1.54, 1.807) is 6.20 Å². The van der Waals surface area contributed by atoms with Gasteiger partial charge in [-0.15, -0.1) is 0 Å². The maximum atomic E-state index is 6.15. The van der Waals surface area contributed by atoms with Gasteiger partial charge in [0.2, 0.25) is 5.88 Å². The van der Waals surface area contributed by atoms with Gasteiger partial charge in [0.05, 0.1) is 17.9 Å². The third-order valence-corrected chi connectivity index (χ3v) is 5.27. The summed E-state index contributed by atoms with van der Waals surface area (Å²) in [7, 11) is 0. The van der Waals surface area contributed by atoms with Crippen molar-refractivity contribution in [1.82, 2.24) is 14.9 Å². The predicted molar refractivity (Wildman–Crippen MR) is 95.4 cm³/mol. The molecule has 2 aliphatic rings. The monoisotopic (exact) mass is 339 g/mol. The molecule has 4 heterocycles. The molecule has 0 bridgehead atoms. The third kappa shape index (κ3) is 3.67. The first-order valence-electron chi connectivity index (χ1n) is 9.06. The zero-order valence-corrected chi connectivity index (χ0v) is 14.7. The van der Waals surface area contributed by atoms with Gasteiger partial charge >= 0.3 is 0 Å². The van der Waals surface area contributed by atoms with E-state index in [0.717, 1.165) is 50.5 Å². The molecule has 2 aliphatic heterocycles. The first-order chi connectivity index (χ1) is 12.2. The average molecular weight is 339 g/mol. The predicted octanol–water partition coefficient (Wildman–Crippen LogP) is 2.85. The Morgan fingerprint density at radius 1 is 1.24 bits per heavy atom. The minimum absolute atomic E-state index is 0.0251. The molecular weight excluding hydrogens is 314 g/mol. The van der Waals surface area contributed by atoms with Crippen LogP contribution in [0.15, 0.2) is 42.6 Å². The number of hydrogen-bond acceptors (Lipinski definition) is 5. The molecular formula is C20H25N3O2. The first-order valence-corrected chi connectivity index (χ1v) is 9.06. The summed E-state index contributed by atoms with van der Waals surface area (Å²) in [6.45, 7) is 6.51. The molecule has 5 nitrogen and oxygen atoms in total. The minimum atomic E-state index is 0.0251. The fraction of sp³-hybridized carbons (Fsp3) is 0.500. The quantitative estimate of drug-likeness (QED) is 0.810. The van der Waals surface area contributed by atoms with Gasteiger partial charge in [0.25, 0.3) is 0 Å². The van der Waals surface area contributed by atoms with Gasteiger partial charge in [-0.2, -0.15) is 0 Å². The van der Waals surface area contributed by atoms with Crippen LogP contribution in [0.3, 0.4) is 0 Å². The number of aryl methyl sites for hydroxylation is 1. The number of ether oxygens (including phenoxy) is 2. The van der Waals surface area contributed by atoms with Crippen molar-refractivity contribution in [2.45, 2.75) is 31.9 Å². The van der Waals surface area contributed by atoms with Crippen molar-refractivity contribution in [3.63, 3.8) is 0 Å². The Bertz CT molecular complexity index is 701. The Morgan fingerprint density at radius 3 is 2.96 bits per heavy atom. The third-order valence-electron chi connectivity index (χ3n) is 5.27. The molecule has 0 aromatic carbocycles. The highest BCUT2D eigenvalue weighted by atomic mass is 16.5. The summed E-state index contributed by atoms with van der Waals surface area (Å²) in [5.41, 5.74) is 2.24. The van der Waals surface area contributed by atoms with Crippen LogP contribution in [-0.2, 0) is 11.3 Å². The van der Waals surface area contributed by atoms with Gasteiger partial charge in [-0.1, -0.05) is 12.1 Å². The molecule has 2 aromatic heterocycles. The molecule has 0 amide bonds. The number of nitrogens with zero attached hydrogens (tertiary/aromatic N) is 3. The van der Waals surface area contributed by atoms with Crippen LogP contribution in [0, 0.1) is 12.8 Å². The van der Waals surface area contributed by atoms with E-state index in [1.165, 1.54) is 0 Å². The van der Waals surface area contributed by atoms with Gasteiger partial charge in [0.1, 0.15) is 0 Å². The van der Waals surface area contributed by atoms with Crippen LogP contribution in [0.1, 0.15) is 24.2 Å². The highest BCUT2D eigenvalue weighted by Crippen LogP contribution is 2.42. The summed E-state index contributed by atoms with van der Waals surface area (Å²) in [4.78, 5) is 11.2. The van der Waals surface area contributed by atoms with Crippen LogP contribution in [0.4, 0.5) is 0 Å². The minimum Gasteiger partial charge on any atom is -0.478 e. The molecule has 4 rings (SSSR count). The molecule has 0 N–H and O–H groups in total. The maximum Gasteiger partial charge on any atom is 0.213 e. The van der Waals surface area contributed by atoms with Gasteiger partial charge in [-0.25, -0.2) is 4.98 Å². The SMILES string of the molecule is Cc1cccc(CN2CC3(C2)OCC[C@H]3CCOc2ccccn2)n1. The Kier molecular flexibility index (Phi) is 4.68. The topological polar surface area (TPSA) is 47.5 Å². The summed E-state index contributed by atoms with van der Waals surface area (Å²) >= 11 is 0. The lowest BCUT2D eigenvalue weighted by Gasteiger charge is -2.50. The van der Waals surface area contributed by atoms with E-state index < -0.39 is 0 Å². The Balaban J connectivity index is 1.27. The lowest BCUT2D eigenvalue weighted by atomic mass is 9.79. The number of pyridine rings is 2. The zero-order valence-electron chi connectivity index (χ0n) is 14.7. The Morgan fingerprint density at radius 2 is 2.16 bits per heavy atom. The van der Waals surface area contributed by atoms with Gasteiger partial charge in [-0.05, 0) is 43.9 Å². The van der Waals surface area contributed by atoms with Crippen molar-refractivity contribution in [3.8, 4) is 5.88 Å². The van der Waals surface area contributed by atoms with Crippen molar-refractivity contribution >= 4 is 0 Å². The van der Waals surface area contributed by atoms with E-state index in [4.69, 9.17) is 9.47 Å². The molecule has 5 heteroatoms. The van der Waals surface area contributed by atoms with Crippen molar-refractivity contribution < 1.29 is 9.47 Å². The molecule has 0 unspecified atom stereocenters. The summed E-state index contributed by atoms with van der Waals surface area (Å²) in [5.74, 6) is 1.27. The van der Waals surface area contributed by atoms with E-state index >= 15 is 0 Å². The van der Waals surface area contributed by atoms with E-state index in [-0.39, 0.29) is 5.60 Å². The van der Waals surface area contributed by atoms with Crippen molar-refractivity contribution in [2.24, 2.45) is 5.92 Å². The first kappa shape index (κ1) is 16.5. The van der Waals surface area contributed by atoms with Crippen molar-refractivity contribution in [3.05, 3.63) is 54.0 Å². The summed E-state index contributed by atoms with van der Waals surface area (Å²) < 4.78 is 11.9. The second-order valence-corrected chi connectivity index (χ2v) is 7.12. The summed E-state index contributed by atoms with van der Waals surface area (Å²) in [6.07, 6.45) is 3.91. The average Bonchev–Trinajstić information content (AvgIpc) is 2.99. The van der Waals surface area contributed by atoms with E-state index in [9.17, 15) is 0 Å². The van der Waals surface area contributed by atoms with Crippen LogP contribution in [0.2, 0.25) is 0 Å². The molecule has 0 saturated carbocycles. The summed E-state index contributed by atoms with van der Waals surface area (Å²) in [5, 5.41) is 0. The van der Waals surface area contributed by atoms with Crippen LogP contribution < -0.4 is 4.74 Å². The van der Waals surface area contributed by atoms with Gasteiger partial charge in [0, 0.05) is 44.2 Å². The lowest BCUT2D eigenvalue weighted by Crippen LogP contribution is -2.64. The van der Waals surface area contributed by atoms with Crippen LogP contribution >= 0.6 is 0 Å². The molecule has 1 atom stereocenters. The molecule has 2 saturated heterocycles. The molecule has 2 fully saturated rings. The maximum absolute atomic E-state index is 6.15. The molecule has 1 spiro atoms. The highest BCUT2D eigenvalue weighted by molar-refractivity contribution is 5.13. The van der Waals surface area contributed by atoms with Gasteiger partial charge in [0.15, 0.2) is 0 Å². The molecule has 132 valence electrons. The highest BCUT2D eigenvalue weighted by Gasteiger charge is 2.52. The van der Waals surface area contributed by atoms with Crippen LogP contribution in [-0.4, -0.2) is 46.8 Å². The van der Waals surface area contributed by atoms with E-state index in [0.29, 0.717) is 18.4 Å². The van der Waals surface area contributed by atoms with Crippen molar-refractivity contribution in [2.75, 3.05) is 26.3 Å². The molecule has 0 aliphatic carbocycles. The number of rotatable bonds is 6. The number of likely N-dealkylation sites (tertiary alicyclic amines) is 1. The van der Waals surface area contributed by atoms with Crippen LogP contribution in [0.25, 0.3) is 0 Å². The number of aromatic nitrogens is 2. The molecule has 2 aromatic rings. The largest absolute Gasteiger partial charge is 0.478 e. The second kappa shape index (κ2) is 7.10. The fourth-order valence-corrected chi connectivity index (χ4v) is 4.02. The van der Waals surface area contributed by atoms with Crippen LogP contribution in [0.5, 0.6) is 5.88 Å². The van der Waals surface area contributed by atoms with Gasteiger partial charge in [-0.3, -0.25) is 9.88 Å². The second-order valence-electron chi connectivity index (χ2n) is 7.12. The van der Waals surface area contributed by atoms with E-state index in [2.05, 4.69) is 27.0 Å². The molecule has 0 radical (unpaired) electrons. The lowest BCUT2D eigenvalue weighted by molar-refractivity contribution is -0.138. The van der Waals surface area contributed by atoms with Gasteiger partial charge < -0.3 is 9.47 Å². The normalized spacial score (nSPS) is 22.0. The Labute approximate surface area is 149 Å². The van der Waals surface area contributed by atoms with E-state index in [1.807, 2.05) is 31.2 Å². The zero-order chi connectivity index (χ0) is 17.1. The number of hydrogen-bond donors (Lipinski definition) is 0. The molecule has 25 heavy (non-hydrogen) atoms. The van der Waals surface area contributed by atoms with Crippen molar-refractivity contribution in [1.29, 1.82) is 0 Å². The smallest absolute Gasteiger partial charge is 0.213 e. The fourth-order valence-electron chi connectivity index (χ4n) is 4.02.